The molecule has 2 heterocycles. The number of rotatable bonds is 15. The Morgan fingerprint density at radius 1 is 1.35 bits per heavy atom. The molecule has 11 heteroatoms. The molecule has 11 nitrogen and oxygen atoms in total. The number of carboxylic acids is 1. The molecule has 0 aromatic rings. The van der Waals surface area contributed by atoms with Crippen LogP contribution in [0.15, 0.2) is 36.6 Å². The number of aliphatic hydroxyl groups excluding tert-OH is 1. The number of carbonyl (C=O) groups excluding carboxylic acids is 3. The third-order valence-corrected chi connectivity index (χ3v) is 5.26. The van der Waals surface area contributed by atoms with Gasteiger partial charge in [0.15, 0.2) is 0 Å². The van der Waals surface area contributed by atoms with E-state index in [1.165, 1.54) is 19.1 Å². The highest BCUT2D eigenvalue weighted by Gasteiger charge is 2.58. The van der Waals surface area contributed by atoms with Gasteiger partial charge in [-0.3, -0.25) is 19.2 Å². The van der Waals surface area contributed by atoms with Crippen molar-refractivity contribution in [2.24, 2.45) is 11.8 Å². The van der Waals surface area contributed by atoms with E-state index in [9.17, 15) is 29.4 Å². The van der Waals surface area contributed by atoms with Crippen LogP contribution in [0, 0.1) is 11.8 Å². The van der Waals surface area contributed by atoms with E-state index in [1.54, 1.807) is 0 Å². The van der Waals surface area contributed by atoms with Gasteiger partial charge in [-0.25, -0.2) is 9.86 Å². The van der Waals surface area contributed by atoms with Crippen LogP contribution in [0.2, 0.25) is 0 Å². The van der Waals surface area contributed by atoms with Crippen LogP contribution in [0.1, 0.15) is 13.3 Å². The lowest BCUT2D eigenvalue weighted by molar-refractivity contribution is -0.173. The number of nitrogens with zero attached hydrogens (tertiary/aromatic N) is 2. The lowest BCUT2D eigenvalue weighted by Gasteiger charge is -2.44. The van der Waals surface area contributed by atoms with E-state index in [2.05, 4.69) is 18.5 Å². The zero-order valence-corrected chi connectivity index (χ0v) is 17.2. The molecule has 1 fully saturated rings. The molecule has 5 atom stereocenters. The summed E-state index contributed by atoms with van der Waals surface area (Å²) < 4.78 is 5.62. The monoisotopic (exact) mass is 437 g/mol. The highest BCUT2D eigenvalue weighted by molar-refractivity contribution is 5.99. The molecule has 170 valence electrons. The Kier molecular flexibility index (Phi) is 8.48. The maximum absolute atomic E-state index is 12.5. The minimum atomic E-state index is -1.34. The van der Waals surface area contributed by atoms with Crippen molar-refractivity contribution in [3.05, 3.63) is 36.6 Å². The normalized spacial score (nSPS) is 22.6. The van der Waals surface area contributed by atoms with Crippen LogP contribution in [-0.4, -0.2) is 83.0 Å². The molecule has 1 saturated heterocycles. The summed E-state index contributed by atoms with van der Waals surface area (Å²) in [7, 11) is 0. The number of amides is 3. The Morgan fingerprint density at radius 3 is 2.55 bits per heavy atom. The van der Waals surface area contributed by atoms with Crippen molar-refractivity contribution in [3.8, 4) is 0 Å². The number of aliphatic carboxylic acids is 1. The van der Waals surface area contributed by atoms with E-state index < -0.39 is 42.1 Å². The summed E-state index contributed by atoms with van der Waals surface area (Å²) in [6.45, 7) is 8.42. The minimum absolute atomic E-state index is 0.0208. The molecule has 3 N–H and O–H groups in total. The third kappa shape index (κ3) is 5.01. The van der Waals surface area contributed by atoms with Crippen LogP contribution in [0.3, 0.4) is 0 Å². The third-order valence-electron chi connectivity index (χ3n) is 5.26. The molecule has 2 rings (SSSR count). The van der Waals surface area contributed by atoms with Crippen LogP contribution in [0.25, 0.3) is 0 Å². The molecule has 0 aromatic heterocycles. The van der Waals surface area contributed by atoms with Gasteiger partial charge in [0.2, 0.25) is 18.7 Å². The Morgan fingerprint density at radius 2 is 2.03 bits per heavy atom. The average molecular weight is 437 g/mol. The van der Waals surface area contributed by atoms with Gasteiger partial charge in [-0.1, -0.05) is 12.2 Å². The van der Waals surface area contributed by atoms with Gasteiger partial charge in [0.1, 0.15) is 11.9 Å². The predicted octanol–water partition coefficient (Wildman–Crippen LogP) is -0.596. The van der Waals surface area contributed by atoms with Crippen molar-refractivity contribution < 1.29 is 39.0 Å². The summed E-state index contributed by atoms with van der Waals surface area (Å²) in [5.74, 6) is -3.43. The number of aliphatic hydroxyl groups is 1. The van der Waals surface area contributed by atoms with Gasteiger partial charge in [-0.15, -0.1) is 13.2 Å². The van der Waals surface area contributed by atoms with Gasteiger partial charge in [-0.05, 0) is 18.9 Å². The quantitative estimate of drug-likeness (QED) is 0.101. The van der Waals surface area contributed by atoms with Crippen molar-refractivity contribution >= 4 is 24.7 Å². The highest BCUT2D eigenvalue weighted by Crippen LogP contribution is 2.46. The number of hydroxylamine groups is 2. The molecule has 0 radical (unpaired) electrons. The highest BCUT2D eigenvalue weighted by atomic mass is 16.7. The van der Waals surface area contributed by atoms with Crippen LogP contribution in [-0.2, 0) is 28.8 Å². The van der Waals surface area contributed by atoms with E-state index in [0.717, 1.165) is 9.96 Å². The molecule has 0 spiro atoms. The van der Waals surface area contributed by atoms with Crippen LogP contribution < -0.4 is 5.32 Å². The predicted molar refractivity (Wildman–Crippen MR) is 107 cm³/mol. The fourth-order valence-corrected chi connectivity index (χ4v) is 4.01. The summed E-state index contributed by atoms with van der Waals surface area (Å²) in [6, 6.07) is -0.536. The lowest BCUT2D eigenvalue weighted by atomic mass is 9.81. The number of ether oxygens (including phenoxy) is 1. The number of fused-ring (bicyclic) bond motifs is 1. The summed E-state index contributed by atoms with van der Waals surface area (Å²) in [6.07, 6.45) is 1.83. The SMILES string of the molecule is C=CCOC(NC=O)C(CN(C=O)OCC=C)C1=C(C(=O)O)N2C(=O)[C@H]([C@@H](C)O)[C@H]2C1. The van der Waals surface area contributed by atoms with Crippen molar-refractivity contribution in [2.45, 2.75) is 31.7 Å². The lowest BCUT2D eigenvalue weighted by Crippen LogP contribution is -2.61. The summed E-state index contributed by atoms with van der Waals surface area (Å²) in [5.41, 5.74) is 0.0536. The molecule has 0 saturated carbocycles. The van der Waals surface area contributed by atoms with Crippen molar-refractivity contribution in [3.63, 3.8) is 0 Å². The largest absolute Gasteiger partial charge is 0.477 e. The van der Waals surface area contributed by atoms with E-state index >= 15 is 0 Å². The van der Waals surface area contributed by atoms with Crippen molar-refractivity contribution in [2.75, 3.05) is 19.8 Å². The van der Waals surface area contributed by atoms with Gasteiger partial charge < -0.3 is 25.2 Å². The van der Waals surface area contributed by atoms with Crippen LogP contribution in [0.4, 0.5) is 0 Å². The Balaban J connectivity index is 2.47. The number of β-lactam (4-membered cyclic amide) rings is 1. The van der Waals surface area contributed by atoms with Crippen LogP contribution >= 0.6 is 0 Å². The number of hydrogen-bond donors (Lipinski definition) is 3. The van der Waals surface area contributed by atoms with Crippen LogP contribution in [0.5, 0.6) is 0 Å². The Labute approximate surface area is 179 Å². The van der Waals surface area contributed by atoms with E-state index in [0.29, 0.717) is 18.4 Å². The first-order valence-corrected chi connectivity index (χ1v) is 9.67. The van der Waals surface area contributed by atoms with Crippen molar-refractivity contribution in [1.82, 2.24) is 15.3 Å². The smallest absolute Gasteiger partial charge is 0.352 e. The fraction of sp³-hybridized carbons (Fsp3) is 0.500. The molecule has 2 aliphatic rings. The summed E-state index contributed by atoms with van der Waals surface area (Å²) in [4.78, 5) is 53.7. The molecule has 31 heavy (non-hydrogen) atoms. The molecule has 2 unspecified atom stereocenters. The molecule has 2 aliphatic heterocycles. The zero-order chi connectivity index (χ0) is 23.1. The number of hydrogen-bond acceptors (Lipinski definition) is 7. The van der Waals surface area contributed by atoms with Gasteiger partial charge in [0.25, 0.3) is 0 Å². The number of carboxylic acid groups (broad SMARTS) is 1. The first-order chi connectivity index (χ1) is 14.8. The first kappa shape index (κ1) is 24.3. The maximum Gasteiger partial charge on any atom is 0.352 e. The van der Waals surface area contributed by atoms with Crippen molar-refractivity contribution in [1.29, 1.82) is 0 Å². The topological polar surface area (TPSA) is 146 Å². The molecule has 0 bridgehead atoms. The zero-order valence-electron chi connectivity index (χ0n) is 17.2. The minimum Gasteiger partial charge on any atom is -0.477 e. The van der Waals surface area contributed by atoms with E-state index in [1.807, 2.05) is 0 Å². The first-order valence-electron chi connectivity index (χ1n) is 9.67. The van der Waals surface area contributed by atoms with E-state index in [4.69, 9.17) is 9.57 Å². The molecule has 0 aliphatic carbocycles. The van der Waals surface area contributed by atoms with Gasteiger partial charge >= 0.3 is 5.97 Å². The van der Waals surface area contributed by atoms with E-state index in [-0.39, 0.29) is 31.9 Å². The average Bonchev–Trinajstić information content (AvgIpc) is 3.06. The maximum atomic E-state index is 12.5. The standard InChI is InChI=1S/C20H27N3O8/c1-4-6-30-18(21-10-24)14(9-22(11-25)31-7-5-2)13-8-15-16(12(3)26)19(27)23(15)17(13)20(28)29/h4-5,10-12,14-16,18,26H,1-2,6-9H2,3H3,(H,21,24)(H,28,29)/t12-,14?,15-,16-,18?/m1/s1. The van der Waals surface area contributed by atoms with Gasteiger partial charge in [0.05, 0.1) is 37.8 Å². The van der Waals surface area contributed by atoms with Gasteiger partial charge in [0, 0.05) is 5.92 Å². The number of carbonyl (C=O) groups is 4. The Hall–Kier alpha value is -3.02. The molecule has 0 aromatic carbocycles. The molecule has 3 amide bonds. The number of nitrogens with one attached hydrogen (secondary N) is 1. The Bertz CT molecular complexity index is 766. The fourth-order valence-electron chi connectivity index (χ4n) is 4.01. The second kappa shape index (κ2) is 10.8. The summed E-state index contributed by atoms with van der Waals surface area (Å²) in [5, 5.41) is 23.2. The molecular weight excluding hydrogens is 410 g/mol. The van der Waals surface area contributed by atoms with Gasteiger partial charge in [-0.2, -0.15) is 0 Å². The molecular formula is C20H27N3O8. The second-order valence-electron chi connectivity index (χ2n) is 7.15. The second-order valence-corrected chi connectivity index (χ2v) is 7.15. The summed E-state index contributed by atoms with van der Waals surface area (Å²) >= 11 is 0.